The molecule has 0 bridgehead atoms. The summed E-state index contributed by atoms with van der Waals surface area (Å²) >= 11 is 0. The van der Waals surface area contributed by atoms with E-state index in [0.717, 1.165) is 18.6 Å². The smallest absolute Gasteiger partial charge is 0.214 e. The van der Waals surface area contributed by atoms with Crippen LogP contribution in [0.2, 0.25) is 0 Å². The fourth-order valence-corrected chi connectivity index (χ4v) is 1.99. The standard InChI is InChI=1S/C11H13NO/c1-11(2)7-12(8-13)10-6-4-3-5-9(10)11/h3-6,8H,7H2,1-2H3. The lowest BCUT2D eigenvalue weighted by atomic mass is 9.87. The van der Waals surface area contributed by atoms with E-state index in [2.05, 4.69) is 19.9 Å². The van der Waals surface area contributed by atoms with Crippen LogP contribution in [-0.2, 0) is 10.2 Å². The van der Waals surface area contributed by atoms with Crippen LogP contribution >= 0.6 is 0 Å². The third-order valence-electron chi connectivity index (χ3n) is 2.64. The van der Waals surface area contributed by atoms with Crippen LogP contribution in [0.1, 0.15) is 19.4 Å². The van der Waals surface area contributed by atoms with Crippen molar-refractivity contribution in [1.82, 2.24) is 0 Å². The van der Waals surface area contributed by atoms with Crippen molar-refractivity contribution < 1.29 is 4.79 Å². The van der Waals surface area contributed by atoms with Gasteiger partial charge in [-0.1, -0.05) is 32.0 Å². The van der Waals surface area contributed by atoms with Crippen molar-refractivity contribution >= 4 is 12.1 Å². The van der Waals surface area contributed by atoms with Crippen LogP contribution in [0.25, 0.3) is 0 Å². The molecule has 0 fully saturated rings. The Labute approximate surface area is 78.2 Å². The van der Waals surface area contributed by atoms with Crippen molar-refractivity contribution in [3.05, 3.63) is 29.8 Å². The molecular formula is C11H13NO. The molecule has 1 aliphatic rings. The van der Waals surface area contributed by atoms with Gasteiger partial charge in [-0.25, -0.2) is 0 Å². The van der Waals surface area contributed by atoms with Crippen molar-refractivity contribution in [2.75, 3.05) is 11.4 Å². The average molecular weight is 175 g/mol. The quantitative estimate of drug-likeness (QED) is 0.597. The maximum atomic E-state index is 10.8. The van der Waals surface area contributed by atoms with Crippen LogP contribution in [0, 0.1) is 0 Å². The van der Waals surface area contributed by atoms with Crippen LogP contribution < -0.4 is 4.90 Å². The summed E-state index contributed by atoms with van der Waals surface area (Å²) in [4.78, 5) is 12.6. The second-order valence-corrected chi connectivity index (χ2v) is 4.13. The Hall–Kier alpha value is -1.31. The van der Waals surface area contributed by atoms with E-state index in [4.69, 9.17) is 0 Å². The Morgan fingerprint density at radius 1 is 1.38 bits per heavy atom. The van der Waals surface area contributed by atoms with E-state index in [9.17, 15) is 4.79 Å². The zero-order valence-electron chi connectivity index (χ0n) is 7.95. The number of carbonyl (C=O) groups excluding carboxylic acids is 1. The lowest BCUT2D eigenvalue weighted by Gasteiger charge is -2.17. The molecule has 1 aromatic carbocycles. The number of carbonyl (C=O) groups is 1. The van der Waals surface area contributed by atoms with Crippen LogP contribution in [0.4, 0.5) is 5.69 Å². The molecule has 0 atom stereocenters. The van der Waals surface area contributed by atoms with Gasteiger partial charge in [0.15, 0.2) is 0 Å². The molecule has 0 aromatic heterocycles. The molecule has 1 aromatic rings. The summed E-state index contributed by atoms with van der Waals surface area (Å²) in [5.41, 5.74) is 2.42. The van der Waals surface area contributed by atoms with E-state index < -0.39 is 0 Å². The third-order valence-corrected chi connectivity index (χ3v) is 2.64. The van der Waals surface area contributed by atoms with Crippen molar-refractivity contribution in [3.63, 3.8) is 0 Å². The Bertz CT molecular complexity index is 344. The number of nitrogens with zero attached hydrogens (tertiary/aromatic N) is 1. The molecule has 1 heterocycles. The zero-order valence-corrected chi connectivity index (χ0v) is 7.95. The molecule has 0 radical (unpaired) electrons. The summed E-state index contributed by atoms with van der Waals surface area (Å²) in [6.07, 6.45) is 0.910. The summed E-state index contributed by atoms with van der Waals surface area (Å²) in [5, 5.41) is 0. The monoisotopic (exact) mass is 175 g/mol. The number of fused-ring (bicyclic) bond motifs is 1. The molecule has 0 saturated carbocycles. The van der Waals surface area contributed by atoms with Crippen molar-refractivity contribution in [1.29, 1.82) is 0 Å². The summed E-state index contributed by atoms with van der Waals surface area (Å²) in [7, 11) is 0. The first-order chi connectivity index (χ1) is 6.15. The van der Waals surface area contributed by atoms with Crippen LogP contribution in [0.5, 0.6) is 0 Å². The predicted molar refractivity (Wildman–Crippen MR) is 52.9 cm³/mol. The molecular weight excluding hydrogens is 162 g/mol. The van der Waals surface area contributed by atoms with Gasteiger partial charge < -0.3 is 4.90 Å². The van der Waals surface area contributed by atoms with Crippen molar-refractivity contribution in [2.24, 2.45) is 0 Å². The normalized spacial score (nSPS) is 18.5. The van der Waals surface area contributed by atoms with E-state index in [1.54, 1.807) is 4.90 Å². The molecule has 0 aliphatic carbocycles. The number of hydrogen-bond acceptors (Lipinski definition) is 1. The summed E-state index contributed by atoms with van der Waals surface area (Å²) in [5.74, 6) is 0. The fraction of sp³-hybridized carbons (Fsp3) is 0.364. The number of amides is 1. The zero-order chi connectivity index (χ0) is 9.47. The highest BCUT2D eigenvalue weighted by atomic mass is 16.1. The molecule has 2 rings (SSSR count). The van der Waals surface area contributed by atoms with Crippen molar-refractivity contribution in [2.45, 2.75) is 19.3 Å². The molecule has 1 amide bonds. The Balaban J connectivity index is 2.56. The third kappa shape index (κ3) is 1.13. The maximum absolute atomic E-state index is 10.8. The number of anilines is 1. The summed E-state index contributed by atoms with van der Waals surface area (Å²) in [6, 6.07) is 8.09. The van der Waals surface area contributed by atoms with Gasteiger partial charge in [0.1, 0.15) is 0 Å². The molecule has 0 spiro atoms. The van der Waals surface area contributed by atoms with E-state index in [1.807, 2.05) is 18.2 Å². The first kappa shape index (κ1) is 8.30. The summed E-state index contributed by atoms with van der Waals surface area (Å²) in [6.45, 7) is 5.11. The van der Waals surface area contributed by atoms with Gasteiger partial charge in [0.25, 0.3) is 0 Å². The highest BCUT2D eigenvalue weighted by Gasteiger charge is 2.34. The average Bonchev–Trinajstić information content (AvgIpc) is 2.39. The Morgan fingerprint density at radius 2 is 2.08 bits per heavy atom. The van der Waals surface area contributed by atoms with E-state index in [1.165, 1.54) is 5.56 Å². The largest absolute Gasteiger partial charge is 0.314 e. The first-order valence-electron chi connectivity index (χ1n) is 4.46. The van der Waals surface area contributed by atoms with Gasteiger partial charge in [0.05, 0.1) is 0 Å². The van der Waals surface area contributed by atoms with Gasteiger partial charge in [-0.3, -0.25) is 4.79 Å². The van der Waals surface area contributed by atoms with Gasteiger partial charge >= 0.3 is 0 Å². The number of rotatable bonds is 1. The van der Waals surface area contributed by atoms with Gasteiger partial charge in [0.2, 0.25) is 6.41 Å². The number of para-hydroxylation sites is 1. The fourth-order valence-electron chi connectivity index (χ4n) is 1.99. The van der Waals surface area contributed by atoms with E-state index >= 15 is 0 Å². The molecule has 13 heavy (non-hydrogen) atoms. The highest BCUT2D eigenvalue weighted by molar-refractivity contribution is 5.81. The molecule has 2 heteroatoms. The first-order valence-corrected chi connectivity index (χ1v) is 4.46. The van der Waals surface area contributed by atoms with E-state index in [-0.39, 0.29) is 5.41 Å². The summed E-state index contributed by atoms with van der Waals surface area (Å²) < 4.78 is 0. The number of hydrogen-bond donors (Lipinski definition) is 0. The van der Waals surface area contributed by atoms with Gasteiger partial charge in [0, 0.05) is 17.6 Å². The van der Waals surface area contributed by atoms with E-state index in [0.29, 0.717) is 0 Å². The second-order valence-electron chi connectivity index (χ2n) is 4.13. The maximum Gasteiger partial charge on any atom is 0.214 e. The van der Waals surface area contributed by atoms with Crippen LogP contribution in [-0.4, -0.2) is 13.0 Å². The van der Waals surface area contributed by atoms with Gasteiger partial charge in [-0.15, -0.1) is 0 Å². The van der Waals surface area contributed by atoms with Gasteiger partial charge in [-0.05, 0) is 11.6 Å². The second kappa shape index (κ2) is 2.59. The highest BCUT2D eigenvalue weighted by Crippen LogP contribution is 2.38. The molecule has 2 nitrogen and oxygen atoms in total. The Kier molecular flexibility index (Phi) is 1.65. The Morgan fingerprint density at radius 3 is 2.77 bits per heavy atom. The van der Waals surface area contributed by atoms with Crippen LogP contribution in [0.15, 0.2) is 24.3 Å². The minimum atomic E-state index is 0.0947. The SMILES string of the molecule is CC1(C)CN(C=O)c2ccccc21. The molecule has 0 unspecified atom stereocenters. The minimum absolute atomic E-state index is 0.0947. The lowest BCUT2D eigenvalue weighted by molar-refractivity contribution is -0.107. The topological polar surface area (TPSA) is 20.3 Å². The predicted octanol–water partition coefficient (Wildman–Crippen LogP) is 1.94. The minimum Gasteiger partial charge on any atom is -0.314 e. The lowest BCUT2D eigenvalue weighted by Crippen LogP contribution is -2.27. The molecule has 0 saturated heterocycles. The molecule has 1 aliphatic heterocycles. The van der Waals surface area contributed by atoms with Gasteiger partial charge in [-0.2, -0.15) is 0 Å². The molecule has 68 valence electrons. The van der Waals surface area contributed by atoms with Crippen molar-refractivity contribution in [3.8, 4) is 0 Å². The number of benzene rings is 1. The molecule has 0 N–H and O–H groups in total. The van der Waals surface area contributed by atoms with Crippen LogP contribution in [0.3, 0.4) is 0 Å².